The Labute approximate surface area is 364 Å². The summed E-state index contributed by atoms with van der Waals surface area (Å²) in [5.74, 6) is 0.756. The third-order valence-corrected chi connectivity index (χ3v) is 13.5. The van der Waals surface area contributed by atoms with Crippen LogP contribution in [0, 0.1) is 0 Å². The standard InChI is InChI=1S/C58H39N3S/c1-3-14-38(15-4-1)41-18-11-20-44(34-41)52-37-51(59-58(60-52)45-21-12-19-42(35-45)39-16-5-2-6-17-39)40-28-31-46(32-29-40)61-53-25-9-7-22-48(53)49-33-30-43(36-54(49)61)47-24-13-27-56-57(47)50-23-8-10-26-55(50)62-56/h1-36,52H,37H2/t52-/m1/s1. The highest BCUT2D eigenvalue weighted by atomic mass is 32.1. The molecular weight excluding hydrogens is 771 g/mol. The number of aromatic nitrogens is 1. The van der Waals surface area contributed by atoms with Crippen molar-refractivity contribution in [2.45, 2.75) is 12.5 Å². The second kappa shape index (κ2) is 15.1. The molecule has 3 nitrogen and oxygen atoms in total. The van der Waals surface area contributed by atoms with E-state index >= 15 is 0 Å². The highest BCUT2D eigenvalue weighted by Gasteiger charge is 2.24. The van der Waals surface area contributed by atoms with Crippen LogP contribution in [0.25, 0.3) is 81.0 Å². The minimum Gasteiger partial charge on any atom is -0.309 e. The number of thiophene rings is 1. The first kappa shape index (κ1) is 36.2. The maximum Gasteiger partial charge on any atom is 0.155 e. The van der Waals surface area contributed by atoms with Crippen LogP contribution in [0.2, 0.25) is 0 Å². The summed E-state index contributed by atoms with van der Waals surface area (Å²) in [5.41, 5.74) is 15.0. The second-order valence-corrected chi connectivity index (χ2v) is 17.2. The normalized spacial score (nSPS) is 14.1. The molecule has 0 N–H and O–H groups in total. The highest BCUT2D eigenvalue weighted by Crippen LogP contribution is 2.42. The van der Waals surface area contributed by atoms with Crippen molar-refractivity contribution < 1.29 is 0 Å². The number of hydrogen-bond donors (Lipinski definition) is 0. The number of nitrogens with zero attached hydrogens (tertiary/aromatic N) is 3. The van der Waals surface area contributed by atoms with Crippen LogP contribution in [0.4, 0.5) is 0 Å². The lowest BCUT2D eigenvalue weighted by Gasteiger charge is -2.22. The summed E-state index contributed by atoms with van der Waals surface area (Å²) in [5, 5.41) is 5.13. The Morgan fingerprint density at radius 1 is 0.419 bits per heavy atom. The van der Waals surface area contributed by atoms with Gasteiger partial charge in [-0.3, -0.25) is 4.99 Å². The Hall–Kier alpha value is -7.66. The van der Waals surface area contributed by atoms with Gasteiger partial charge in [0.1, 0.15) is 0 Å². The van der Waals surface area contributed by atoms with Crippen molar-refractivity contribution in [3.8, 4) is 39.1 Å². The fourth-order valence-corrected chi connectivity index (χ4v) is 10.5. The Morgan fingerprint density at radius 3 is 1.84 bits per heavy atom. The second-order valence-electron chi connectivity index (χ2n) is 16.1. The van der Waals surface area contributed by atoms with Gasteiger partial charge in [0.15, 0.2) is 5.84 Å². The monoisotopic (exact) mass is 809 g/mol. The molecule has 0 unspecified atom stereocenters. The van der Waals surface area contributed by atoms with Crippen LogP contribution in [0.5, 0.6) is 0 Å². The van der Waals surface area contributed by atoms with Gasteiger partial charge in [0, 0.05) is 48.6 Å². The quantitative estimate of drug-likeness (QED) is 0.153. The number of rotatable bonds is 7. The van der Waals surface area contributed by atoms with Gasteiger partial charge in [-0.25, -0.2) is 4.99 Å². The van der Waals surface area contributed by atoms with Crippen molar-refractivity contribution in [2.75, 3.05) is 0 Å². The summed E-state index contributed by atoms with van der Waals surface area (Å²) >= 11 is 1.87. The number of benzene rings is 9. The van der Waals surface area contributed by atoms with Gasteiger partial charge < -0.3 is 4.57 Å². The molecule has 0 amide bonds. The van der Waals surface area contributed by atoms with Gasteiger partial charge in [-0.2, -0.15) is 0 Å². The summed E-state index contributed by atoms with van der Waals surface area (Å²) in [4.78, 5) is 10.7. The molecule has 0 aliphatic carbocycles. The van der Waals surface area contributed by atoms with Gasteiger partial charge in [0.2, 0.25) is 0 Å². The first-order valence-electron chi connectivity index (χ1n) is 21.2. The van der Waals surface area contributed by atoms with Gasteiger partial charge in [0.05, 0.1) is 22.8 Å². The molecule has 1 aliphatic rings. The molecule has 1 atom stereocenters. The molecule has 0 saturated heterocycles. The van der Waals surface area contributed by atoms with E-state index in [9.17, 15) is 0 Å². The van der Waals surface area contributed by atoms with Crippen LogP contribution in [0.3, 0.4) is 0 Å². The van der Waals surface area contributed by atoms with Crippen LogP contribution >= 0.6 is 11.3 Å². The predicted molar refractivity (Wildman–Crippen MR) is 263 cm³/mol. The largest absolute Gasteiger partial charge is 0.309 e. The van der Waals surface area contributed by atoms with E-state index in [0.29, 0.717) is 6.42 Å². The number of amidine groups is 1. The number of para-hydroxylation sites is 1. The average Bonchev–Trinajstić information content (AvgIpc) is 3.90. The van der Waals surface area contributed by atoms with E-state index < -0.39 is 0 Å². The molecule has 2 aromatic heterocycles. The molecule has 11 aromatic rings. The zero-order chi connectivity index (χ0) is 41.0. The molecule has 292 valence electrons. The van der Waals surface area contributed by atoms with E-state index in [-0.39, 0.29) is 6.04 Å². The smallest absolute Gasteiger partial charge is 0.155 e. The van der Waals surface area contributed by atoms with E-state index in [1.54, 1.807) is 0 Å². The van der Waals surface area contributed by atoms with Crippen molar-refractivity contribution in [3.05, 3.63) is 235 Å². The molecule has 0 saturated carbocycles. The lowest BCUT2D eigenvalue weighted by Crippen LogP contribution is -2.17. The van der Waals surface area contributed by atoms with Crippen LogP contribution in [-0.4, -0.2) is 16.1 Å². The van der Waals surface area contributed by atoms with Gasteiger partial charge in [-0.1, -0.05) is 170 Å². The molecule has 12 rings (SSSR count). The zero-order valence-electron chi connectivity index (χ0n) is 33.8. The van der Waals surface area contributed by atoms with E-state index in [4.69, 9.17) is 9.98 Å². The van der Waals surface area contributed by atoms with Gasteiger partial charge >= 0.3 is 0 Å². The summed E-state index contributed by atoms with van der Waals surface area (Å²) in [6.07, 6.45) is 0.695. The van der Waals surface area contributed by atoms with Crippen LogP contribution in [0.15, 0.2) is 228 Å². The van der Waals surface area contributed by atoms with Crippen molar-refractivity contribution in [1.82, 2.24) is 4.57 Å². The maximum absolute atomic E-state index is 5.39. The maximum atomic E-state index is 5.39. The van der Waals surface area contributed by atoms with Crippen LogP contribution in [-0.2, 0) is 0 Å². The van der Waals surface area contributed by atoms with E-state index in [0.717, 1.165) is 33.9 Å². The Morgan fingerprint density at radius 2 is 1.03 bits per heavy atom. The fraction of sp³-hybridized carbons (Fsp3) is 0.0345. The van der Waals surface area contributed by atoms with Crippen LogP contribution < -0.4 is 0 Å². The van der Waals surface area contributed by atoms with Crippen molar-refractivity contribution in [3.63, 3.8) is 0 Å². The van der Waals surface area contributed by atoms with Gasteiger partial charge in [-0.05, 0) is 93.0 Å². The topological polar surface area (TPSA) is 29.6 Å². The predicted octanol–water partition coefficient (Wildman–Crippen LogP) is 15.5. The average molecular weight is 810 g/mol. The molecule has 62 heavy (non-hydrogen) atoms. The van der Waals surface area contributed by atoms with Crippen LogP contribution in [0.1, 0.15) is 29.2 Å². The molecule has 4 heteroatoms. The molecule has 9 aromatic carbocycles. The van der Waals surface area contributed by atoms with Crippen molar-refractivity contribution in [2.24, 2.45) is 9.98 Å². The third kappa shape index (κ3) is 6.35. The minimum atomic E-state index is -0.0956. The van der Waals surface area contributed by atoms with Crippen molar-refractivity contribution >= 4 is 64.9 Å². The summed E-state index contributed by atoms with van der Waals surface area (Å²) in [7, 11) is 0. The number of fused-ring (bicyclic) bond motifs is 6. The summed E-state index contributed by atoms with van der Waals surface area (Å²) in [6, 6.07) is 78.8. The highest BCUT2D eigenvalue weighted by molar-refractivity contribution is 7.25. The Balaban J connectivity index is 0.960. The van der Waals surface area contributed by atoms with E-state index in [2.05, 4.69) is 223 Å². The first-order chi connectivity index (χ1) is 30.7. The molecule has 0 spiro atoms. The zero-order valence-corrected chi connectivity index (χ0v) is 34.6. The molecule has 0 bridgehead atoms. The third-order valence-electron chi connectivity index (χ3n) is 12.4. The molecule has 0 radical (unpaired) electrons. The summed E-state index contributed by atoms with van der Waals surface area (Å²) in [6.45, 7) is 0. The van der Waals surface area contributed by atoms with E-state index in [1.807, 2.05) is 11.3 Å². The number of aliphatic imine (C=N–C) groups is 2. The first-order valence-corrected chi connectivity index (χ1v) is 22.0. The lowest BCUT2D eigenvalue weighted by molar-refractivity contribution is 0.754. The minimum absolute atomic E-state index is 0.0956. The Kier molecular flexibility index (Phi) is 8.83. The van der Waals surface area contributed by atoms with Gasteiger partial charge in [0.25, 0.3) is 0 Å². The molecule has 3 heterocycles. The SMILES string of the molecule is c1ccc(-c2cccc(C3=N[C@@H](c4cccc(-c5ccccc5)c4)CC(c4ccc(-n5c6ccccc6c6ccc(-c7cccc8sc9ccccc9c78)cc65)cc4)=N3)c2)cc1. The number of hydrogen-bond acceptors (Lipinski definition) is 3. The lowest BCUT2D eigenvalue weighted by atomic mass is 9.93. The van der Waals surface area contributed by atoms with Gasteiger partial charge in [-0.15, -0.1) is 11.3 Å². The Bertz CT molecular complexity index is 3540. The van der Waals surface area contributed by atoms with Crippen molar-refractivity contribution in [1.29, 1.82) is 0 Å². The fourth-order valence-electron chi connectivity index (χ4n) is 9.35. The summed E-state index contributed by atoms with van der Waals surface area (Å²) < 4.78 is 5.06. The molecular formula is C58H39N3S. The molecule has 1 aliphatic heterocycles. The molecule has 0 fully saturated rings. The van der Waals surface area contributed by atoms with E-state index in [1.165, 1.54) is 75.4 Å².